The lowest BCUT2D eigenvalue weighted by Gasteiger charge is -2.08. The number of rotatable bonds is 2. The normalized spacial score (nSPS) is 12.2. The molecule has 0 fully saturated rings. The molecule has 0 amide bonds. The van der Waals surface area contributed by atoms with E-state index in [2.05, 4.69) is 71.3 Å². The van der Waals surface area contributed by atoms with E-state index in [-0.39, 0.29) is 5.56 Å². The fourth-order valence-corrected chi connectivity index (χ4v) is 6.49. The van der Waals surface area contributed by atoms with Gasteiger partial charge in [0.15, 0.2) is 5.76 Å². The first-order chi connectivity index (χ1) is 19.3. The average Bonchev–Trinajstić information content (AvgIpc) is 3.65. The second kappa shape index (κ2) is 7.36. The number of pyridine rings is 1. The summed E-state index contributed by atoms with van der Waals surface area (Å²) in [7, 11) is 0. The van der Waals surface area contributed by atoms with Gasteiger partial charge in [0, 0.05) is 32.5 Å². The summed E-state index contributed by atoms with van der Waals surface area (Å²) < 4.78 is 11.0. The van der Waals surface area contributed by atoms with Crippen molar-refractivity contribution in [1.29, 1.82) is 0 Å². The summed E-state index contributed by atoms with van der Waals surface area (Å²) in [4.78, 5) is 14.2. The monoisotopic (exact) mass is 500 g/mol. The van der Waals surface area contributed by atoms with Crippen LogP contribution in [0.25, 0.3) is 77.0 Å². The molecule has 4 nitrogen and oxygen atoms in total. The third-order valence-electron chi connectivity index (χ3n) is 8.09. The molecule has 0 saturated heterocycles. The zero-order valence-electron chi connectivity index (χ0n) is 20.8. The van der Waals surface area contributed by atoms with Crippen molar-refractivity contribution in [2.24, 2.45) is 0 Å². The van der Waals surface area contributed by atoms with Crippen molar-refractivity contribution >= 4 is 59.8 Å². The van der Waals surface area contributed by atoms with Crippen LogP contribution < -0.4 is 5.56 Å². The number of hydrogen-bond donors (Lipinski definition) is 0. The first-order valence-corrected chi connectivity index (χ1v) is 13.1. The minimum atomic E-state index is -0.0314. The second-order valence-corrected chi connectivity index (χ2v) is 10.1. The van der Waals surface area contributed by atoms with E-state index in [1.54, 1.807) is 0 Å². The highest BCUT2D eigenvalue weighted by Gasteiger charge is 2.28. The van der Waals surface area contributed by atoms with Crippen LogP contribution in [0.2, 0.25) is 0 Å². The second-order valence-electron chi connectivity index (χ2n) is 10.1. The number of para-hydroxylation sites is 3. The van der Waals surface area contributed by atoms with Gasteiger partial charge in [-0.25, -0.2) is 0 Å². The van der Waals surface area contributed by atoms with E-state index in [1.807, 2.05) is 59.0 Å². The van der Waals surface area contributed by atoms with Gasteiger partial charge in [-0.3, -0.25) is 13.8 Å². The maximum absolute atomic E-state index is 14.2. The van der Waals surface area contributed by atoms with Crippen LogP contribution in [0.3, 0.4) is 0 Å². The molecule has 0 aliphatic carbocycles. The fourth-order valence-electron chi connectivity index (χ4n) is 6.49. The van der Waals surface area contributed by atoms with E-state index in [0.717, 1.165) is 65.8 Å². The highest BCUT2D eigenvalue weighted by molar-refractivity contribution is 6.24. The van der Waals surface area contributed by atoms with E-state index in [4.69, 9.17) is 4.42 Å². The molecule has 0 aliphatic rings. The first-order valence-electron chi connectivity index (χ1n) is 13.1. The number of furan rings is 1. The van der Waals surface area contributed by atoms with Gasteiger partial charge in [-0.05, 0) is 23.6 Å². The van der Waals surface area contributed by atoms with E-state index >= 15 is 0 Å². The van der Waals surface area contributed by atoms with Gasteiger partial charge in [0.1, 0.15) is 5.52 Å². The van der Waals surface area contributed by atoms with Crippen LogP contribution in [0.15, 0.2) is 131 Å². The molecule has 4 heteroatoms. The Morgan fingerprint density at radius 2 is 1.05 bits per heavy atom. The zero-order chi connectivity index (χ0) is 25.7. The molecule has 182 valence electrons. The van der Waals surface area contributed by atoms with Crippen LogP contribution in [0.5, 0.6) is 0 Å². The highest BCUT2D eigenvalue weighted by Crippen LogP contribution is 2.45. The van der Waals surface area contributed by atoms with Crippen molar-refractivity contribution in [3.05, 3.63) is 132 Å². The van der Waals surface area contributed by atoms with Gasteiger partial charge in [-0.1, -0.05) is 103 Å². The maximum atomic E-state index is 14.2. The third kappa shape index (κ3) is 2.55. The van der Waals surface area contributed by atoms with Gasteiger partial charge >= 0.3 is 0 Å². The Bertz CT molecular complexity index is 2410. The van der Waals surface area contributed by atoms with Crippen LogP contribution in [0.1, 0.15) is 0 Å². The Balaban J connectivity index is 1.59. The van der Waals surface area contributed by atoms with Gasteiger partial charge in [-0.2, -0.15) is 0 Å². The first kappa shape index (κ1) is 20.7. The minimum absolute atomic E-state index is 0.0314. The summed E-state index contributed by atoms with van der Waals surface area (Å²) in [6, 6.07) is 41.1. The van der Waals surface area contributed by atoms with E-state index < -0.39 is 0 Å². The van der Waals surface area contributed by atoms with Crippen molar-refractivity contribution in [1.82, 2.24) is 8.97 Å². The summed E-state index contributed by atoms with van der Waals surface area (Å²) in [6.45, 7) is 0. The molecule has 9 rings (SSSR count). The Morgan fingerprint density at radius 1 is 0.487 bits per heavy atom. The van der Waals surface area contributed by atoms with Crippen LogP contribution in [0, 0.1) is 0 Å². The van der Waals surface area contributed by atoms with E-state index in [0.29, 0.717) is 11.1 Å². The molecule has 39 heavy (non-hydrogen) atoms. The molecule has 0 N–H and O–H groups in total. The van der Waals surface area contributed by atoms with Crippen LogP contribution in [-0.2, 0) is 0 Å². The molecule has 0 radical (unpaired) electrons. The van der Waals surface area contributed by atoms with Gasteiger partial charge < -0.3 is 4.42 Å². The van der Waals surface area contributed by atoms with Gasteiger partial charge in [0.2, 0.25) is 5.88 Å². The molecule has 0 spiro atoms. The molecule has 4 heterocycles. The maximum Gasteiger partial charge on any atom is 0.263 e. The molecular weight excluding hydrogens is 480 g/mol. The summed E-state index contributed by atoms with van der Waals surface area (Å²) in [5, 5.41) is 7.01. The topological polar surface area (TPSA) is 39.5 Å². The molecule has 5 aromatic carbocycles. The average molecular weight is 501 g/mol. The highest BCUT2D eigenvalue weighted by atomic mass is 16.4. The standard InChI is InChI=1S/C35H20N2O2/c38-34-26-16-5-4-13-22(26)25-17-10-18-27-30-32(37(34)31(25)27)33(21-11-2-1-3-12-21)39-35(30)36-28-19-8-6-14-23(28)24-15-7-9-20-29(24)36/h1-20H. The Kier molecular flexibility index (Phi) is 3.90. The molecule has 0 aliphatic heterocycles. The van der Waals surface area contributed by atoms with Gasteiger partial charge in [0.05, 0.1) is 21.9 Å². The number of hydrogen-bond acceptors (Lipinski definition) is 2. The number of benzene rings is 5. The molecule has 9 aromatic rings. The number of fused-ring (bicyclic) bond motifs is 8. The quantitative estimate of drug-likeness (QED) is 0.223. The Morgan fingerprint density at radius 3 is 1.77 bits per heavy atom. The van der Waals surface area contributed by atoms with Crippen molar-refractivity contribution in [2.75, 3.05) is 0 Å². The molecule has 0 bridgehead atoms. The predicted octanol–water partition coefficient (Wildman–Crippen LogP) is 8.55. The summed E-state index contributed by atoms with van der Waals surface area (Å²) in [5.74, 6) is 1.42. The van der Waals surface area contributed by atoms with Crippen LogP contribution in [0.4, 0.5) is 0 Å². The lowest BCUT2D eigenvalue weighted by atomic mass is 10.0. The third-order valence-corrected chi connectivity index (χ3v) is 8.09. The predicted molar refractivity (Wildman–Crippen MR) is 159 cm³/mol. The van der Waals surface area contributed by atoms with E-state index in [1.165, 1.54) is 0 Å². The van der Waals surface area contributed by atoms with Crippen LogP contribution in [-0.4, -0.2) is 8.97 Å². The SMILES string of the molecule is O=c1c2ccccc2c2cccc3c4c(-n5c6ccccc6c6ccccc65)oc(-c5ccccc5)c4n1c23. The van der Waals surface area contributed by atoms with Gasteiger partial charge in [0.25, 0.3) is 5.56 Å². The van der Waals surface area contributed by atoms with Crippen molar-refractivity contribution in [3.63, 3.8) is 0 Å². The van der Waals surface area contributed by atoms with Crippen molar-refractivity contribution in [3.8, 4) is 17.2 Å². The molecule has 4 aromatic heterocycles. The number of nitrogens with zero attached hydrogens (tertiary/aromatic N) is 2. The van der Waals surface area contributed by atoms with Crippen molar-refractivity contribution in [2.45, 2.75) is 0 Å². The lowest BCUT2D eigenvalue weighted by molar-refractivity contribution is 0.564. The number of aromatic nitrogens is 2. The van der Waals surface area contributed by atoms with Gasteiger partial charge in [-0.15, -0.1) is 0 Å². The largest absolute Gasteiger partial charge is 0.437 e. The van der Waals surface area contributed by atoms with Crippen molar-refractivity contribution < 1.29 is 4.42 Å². The summed E-state index contributed by atoms with van der Waals surface area (Å²) >= 11 is 0. The summed E-state index contributed by atoms with van der Waals surface area (Å²) in [6.07, 6.45) is 0. The summed E-state index contributed by atoms with van der Waals surface area (Å²) in [5.41, 5.74) is 4.77. The molecule has 0 atom stereocenters. The molecule has 0 unspecified atom stereocenters. The van der Waals surface area contributed by atoms with E-state index in [9.17, 15) is 4.79 Å². The lowest BCUT2D eigenvalue weighted by Crippen LogP contribution is -2.12. The fraction of sp³-hybridized carbons (Fsp3) is 0. The molecule has 0 saturated carbocycles. The molecular formula is C35H20N2O2. The Hall–Kier alpha value is -5.35. The minimum Gasteiger partial charge on any atom is -0.437 e. The Labute approximate surface area is 221 Å². The zero-order valence-corrected chi connectivity index (χ0v) is 20.8. The van der Waals surface area contributed by atoms with Crippen LogP contribution >= 0.6 is 0 Å². The smallest absolute Gasteiger partial charge is 0.263 e.